The van der Waals surface area contributed by atoms with Crippen molar-refractivity contribution in [2.24, 2.45) is 5.92 Å². The molecule has 1 aromatic heterocycles. The van der Waals surface area contributed by atoms with Crippen molar-refractivity contribution in [2.45, 2.75) is 32.4 Å². The SMILES string of the molecule is Cc1ccccc1-c1noc(CN(C)CC2CC(O)C2)n1. The quantitative estimate of drug-likeness (QED) is 0.914. The van der Waals surface area contributed by atoms with Gasteiger partial charge >= 0.3 is 0 Å². The van der Waals surface area contributed by atoms with Crippen molar-refractivity contribution >= 4 is 0 Å². The third kappa shape index (κ3) is 3.31. The molecule has 5 nitrogen and oxygen atoms in total. The molecule has 2 aromatic rings. The Hall–Kier alpha value is -1.72. The zero-order chi connectivity index (χ0) is 14.8. The van der Waals surface area contributed by atoms with E-state index in [-0.39, 0.29) is 6.10 Å². The molecule has 3 rings (SSSR count). The van der Waals surface area contributed by atoms with Gasteiger partial charge in [0.25, 0.3) is 0 Å². The van der Waals surface area contributed by atoms with Crippen LogP contribution >= 0.6 is 0 Å². The molecule has 0 aliphatic heterocycles. The van der Waals surface area contributed by atoms with Crippen LogP contribution < -0.4 is 0 Å². The summed E-state index contributed by atoms with van der Waals surface area (Å²) in [7, 11) is 2.04. The van der Waals surface area contributed by atoms with E-state index < -0.39 is 0 Å². The predicted octanol–water partition coefficient (Wildman–Crippen LogP) is 2.25. The molecular weight excluding hydrogens is 266 g/mol. The lowest BCUT2D eigenvalue weighted by Crippen LogP contribution is -2.36. The van der Waals surface area contributed by atoms with Gasteiger partial charge in [-0.2, -0.15) is 4.98 Å². The lowest BCUT2D eigenvalue weighted by atomic mass is 9.82. The smallest absolute Gasteiger partial charge is 0.241 e. The van der Waals surface area contributed by atoms with Crippen LogP contribution in [0.2, 0.25) is 0 Å². The van der Waals surface area contributed by atoms with E-state index in [9.17, 15) is 5.11 Å². The minimum atomic E-state index is -0.0977. The lowest BCUT2D eigenvalue weighted by molar-refractivity contribution is 0.0261. The Bertz CT molecular complexity index is 605. The number of hydrogen-bond donors (Lipinski definition) is 1. The first kappa shape index (κ1) is 14.2. The van der Waals surface area contributed by atoms with Crippen LogP contribution in [0.4, 0.5) is 0 Å². The number of nitrogens with zero attached hydrogens (tertiary/aromatic N) is 3. The van der Waals surface area contributed by atoms with Gasteiger partial charge in [0.15, 0.2) is 0 Å². The van der Waals surface area contributed by atoms with Gasteiger partial charge in [-0.1, -0.05) is 29.4 Å². The van der Waals surface area contributed by atoms with Crippen LogP contribution in [0.25, 0.3) is 11.4 Å². The molecule has 0 spiro atoms. The molecule has 1 saturated carbocycles. The Morgan fingerprint density at radius 1 is 1.33 bits per heavy atom. The third-order valence-electron chi connectivity index (χ3n) is 4.04. The zero-order valence-corrected chi connectivity index (χ0v) is 12.5. The van der Waals surface area contributed by atoms with E-state index in [1.165, 1.54) is 0 Å². The Kier molecular flexibility index (Phi) is 4.03. The summed E-state index contributed by atoms with van der Waals surface area (Å²) in [5, 5.41) is 13.4. The summed E-state index contributed by atoms with van der Waals surface area (Å²) in [5.41, 5.74) is 2.15. The molecule has 21 heavy (non-hydrogen) atoms. The molecule has 1 aliphatic rings. The van der Waals surface area contributed by atoms with Crippen molar-refractivity contribution in [1.29, 1.82) is 0 Å². The monoisotopic (exact) mass is 287 g/mol. The number of benzene rings is 1. The second-order valence-electron chi connectivity index (χ2n) is 6.01. The molecule has 1 N–H and O–H groups in total. The second kappa shape index (κ2) is 5.95. The van der Waals surface area contributed by atoms with Gasteiger partial charge in [0.05, 0.1) is 12.6 Å². The molecule has 1 heterocycles. The van der Waals surface area contributed by atoms with Crippen LogP contribution in [0, 0.1) is 12.8 Å². The summed E-state index contributed by atoms with van der Waals surface area (Å²) >= 11 is 0. The van der Waals surface area contributed by atoms with Gasteiger partial charge in [-0.3, -0.25) is 4.90 Å². The summed E-state index contributed by atoms with van der Waals surface area (Å²) in [6.07, 6.45) is 1.71. The van der Waals surface area contributed by atoms with E-state index >= 15 is 0 Å². The van der Waals surface area contributed by atoms with Gasteiger partial charge in [0.2, 0.25) is 11.7 Å². The van der Waals surface area contributed by atoms with E-state index in [1.54, 1.807) is 0 Å². The molecule has 112 valence electrons. The average molecular weight is 287 g/mol. The highest BCUT2D eigenvalue weighted by Crippen LogP contribution is 2.28. The number of aryl methyl sites for hydroxylation is 1. The van der Waals surface area contributed by atoms with Gasteiger partial charge < -0.3 is 9.63 Å². The predicted molar refractivity (Wildman–Crippen MR) is 79.5 cm³/mol. The van der Waals surface area contributed by atoms with Crippen molar-refractivity contribution in [2.75, 3.05) is 13.6 Å². The fourth-order valence-corrected chi connectivity index (χ4v) is 2.84. The van der Waals surface area contributed by atoms with Crippen LogP contribution in [0.3, 0.4) is 0 Å². The molecule has 0 amide bonds. The second-order valence-corrected chi connectivity index (χ2v) is 6.01. The number of aliphatic hydroxyl groups is 1. The molecular formula is C16H21N3O2. The lowest BCUT2D eigenvalue weighted by Gasteiger charge is -2.34. The molecule has 0 saturated heterocycles. The summed E-state index contributed by atoms with van der Waals surface area (Å²) < 4.78 is 5.35. The topological polar surface area (TPSA) is 62.4 Å². The summed E-state index contributed by atoms with van der Waals surface area (Å²) in [4.78, 5) is 6.65. The first-order valence-corrected chi connectivity index (χ1v) is 7.37. The minimum absolute atomic E-state index is 0.0977. The molecule has 1 aliphatic carbocycles. The highest BCUT2D eigenvalue weighted by Gasteiger charge is 2.28. The maximum Gasteiger partial charge on any atom is 0.241 e. The fourth-order valence-electron chi connectivity index (χ4n) is 2.84. The fraction of sp³-hybridized carbons (Fsp3) is 0.500. The van der Waals surface area contributed by atoms with Crippen molar-refractivity contribution in [3.63, 3.8) is 0 Å². The molecule has 1 fully saturated rings. The van der Waals surface area contributed by atoms with E-state index in [4.69, 9.17) is 4.52 Å². The Labute approximate surface area is 124 Å². The van der Waals surface area contributed by atoms with Gasteiger partial charge in [0, 0.05) is 12.1 Å². The minimum Gasteiger partial charge on any atom is -0.393 e. The van der Waals surface area contributed by atoms with Crippen LogP contribution in [0.15, 0.2) is 28.8 Å². The maximum absolute atomic E-state index is 9.32. The number of hydrogen-bond acceptors (Lipinski definition) is 5. The molecule has 1 aromatic carbocycles. The van der Waals surface area contributed by atoms with E-state index in [2.05, 4.69) is 15.0 Å². The zero-order valence-electron chi connectivity index (χ0n) is 12.5. The van der Waals surface area contributed by atoms with Crippen molar-refractivity contribution in [3.05, 3.63) is 35.7 Å². The van der Waals surface area contributed by atoms with Crippen LogP contribution in [0.5, 0.6) is 0 Å². The normalized spacial score (nSPS) is 21.5. The van der Waals surface area contributed by atoms with Crippen LogP contribution in [-0.2, 0) is 6.54 Å². The Balaban J connectivity index is 1.61. The average Bonchev–Trinajstić information content (AvgIpc) is 2.85. The van der Waals surface area contributed by atoms with E-state index in [0.29, 0.717) is 24.2 Å². The molecule has 0 radical (unpaired) electrons. The maximum atomic E-state index is 9.32. The molecule has 0 atom stereocenters. The Morgan fingerprint density at radius 2 is 2.10 bits per heavy atom. The number of aliphatic hydroxyl groups excluding tert-OH is 1. The molecule has 0 unspecified atom stereocenters. The standard InChI is InChI=1S/C16H21N3O2/c1-11-5-3-4-6-14(11)16-17-15(21-18-16)10-19(2)9-12-7-13(20)8-12/h3-6,12-13,20H,7-10H2,1-2H3. The summed E-state index contributed by atoms with van der Waals surface area (Å²) in [6, 6.07) is 8.02. The number of aromatic nitrogens is 2. The van der Waals surface area contributed by atoms with Gasteiger partial charge in [-0.25, -0.2) is 0 Å². The first-order valence-electron chi connectivity index (χ1n) is 7.37. The van der Waals surface area contributed by atoms with E-state index in [0.717, 1.165) is 30.5 Å². The highest BCUT2D eigenvalue weighted by atomic mass is 16.5. The van der Waals surface area contributed by atoms with Crippen molar-refractivity contribution in [1.82, 2.24) is 15.0 Å². The van der Waals surface area contributed by atoms with Crippen molar-refractivity contribution in [3.8, 4) is 11.4 Å². The summed E-state index contributed by atoms with van der Waals surface area (Å²) in [6.45, 7) is 3.64. The largest absolute Gasteiger partial charge is 0.393 e. The first-order chi connectivity index (χ1) is 10.1. The van der Waals surface area contributed by atoms with Gasteiger partial charge in [0.1, 0.15) is 0 Å². The highest BCUT2D eigenvalue weighted by molar-refractivity contribution is 5.58. The Morgan fingerprint density at radius 3 is 2.81 bits per heavy atom. The van der Waals surface area contributed by atoms with Gasteiger partial charge in [-0.15, -0.1) is 0 Å². The number of rotatable bonds is 5. The summed E-state index contributed by atoms with van der Waals surface area (Å²) in [5.74, 6) is 1.87. The van der Waals surface area contributed by atoms with Gasteiger partial charge in [-0.05, 0) is 38.3 Å². The van der Waals surface area contributed by atoms with Crippen molar-refractivity contribution < 1.29 is 9.63 Å². The third-order valence-corrected chi connectivity index (χ3v) is 4.04. The van der Waals surface area contributed by atoms with Crippen LogP contribution in [0.1, 0.15) is 24.3 Å². The molecule has 5 heteroatoms. The van der Waals surface area contributed by atoms with Crippen LogP contribution in [-0.4, -0.2) is 39.8 Å². The molecule has 0 bridgehead atoms. The van der Waals surface area contributed by atoms with E-state index in [1.807, 2.05) is 38.2 Å².